The lowest BCUT2D eigenvalue weighted by atomic mass is 9.81. The van der Waals surface area contributed by atoms with Crippen molar-refractivity contribution in [1.29, 1.82) is 0 Å². The van der Waals surface area contributed by atoms with Gasteiger partial charge in [-0.05, 0) is 31.4 Å². The van der Waals surface area contributed by atoms with E-state index in [4.69, 9.17) is 5.73 Å². The van der Waals surface area contributed by atoms with Gasteiger partial charge in [0.25, 0.3) is 0 Å². The van der Waals surface area contributed by atoms with Crippen LogP contribution in [0.4, 0.5) is 0 Å². The van der Waals surface area contributed by atoms with Gasteiger partial charge in [0.15, 0.2) is 0 Å². The van der Waals surface area contributed by atoms with Crippen molar-refractivity contribution >= 4 is 30.1 Å². The molecule has 1 rings (SSSR count). The van der Waals surface area contributed by atoms with Gasteiger partial charge < -0.3 is 11.1 Å². The number of thioether (sulfide) groups is 1. The fraction of sp³-hybridized carbons (Fsp3) is 0.917. The van der Waals surface area contributed by atoms with Crippen LogP contribution in [0, 0.1) is 5.41 Å². The fourth-order valence-electron chi connectivity index (χ4n) is 2.15. The smallest absolute Gasteiger partial charge is 0.227 e. The first-order valence-electron chi connectivity index (χ1n) is 6.28. The van der Waals surface area contributed by atoms with Crippen LogP contribution < -0.4 is 11.1 Å². The summed E-state index contributed by atoms with van der Waals surface area (Å²) in [6.07, 6.45) is 4.17. The third-order valence-corrected chi connectivity index (χ3v) is 5.14. The molecule has 5 heteroatoms. The van der Waals surface area contributed by atoms with E-state index in [1.54, 1.807) is 0 Å². The lowest BCUT2D eigenvalue weighted by Gasteiger charge is -2.29. The lowest BCUT2D eigenvalue weighted by Crippen LogP contribution is -2.46. The highest BCUT2D eigenvalue weighted by atomic mass is 35.5. The van der Waals surface area contributed by atoms with Crippen LogP contribution in [0.3, 0.4) is 0 Å². The molecule has 1 aliphatic rings. The minimum atomic E-state index is -0.344. The summed E-state index contributed by atoms with van der Waals surface area (Å²) in [6, 6.07) is 0. The van der Waals surface area contributed by atoms with Crippen LogP contribution in [0.5, 0.6) is 0 Å². The van der Waals surface area contributed by atoms with Gasteiger partial charge in [0, 0.05) is 18.3 Å². The molecule has 3 nitrogen and oxygen atoms in total. The second-order valence-corrected chi connectivity index (χ2v) is 5.94. The van der Waals surface area contributed by atoms with E-state index in [0.717, 1.165) is 19.4 Å². The van der Waals surface area contributed by atoms with Gasteiger partial charge >= 0.3 is 0 Å². The summed E-state index contributed by atoms with van der Waals surface area (Å²) >= 11 is 1.97. The molecular formula is C12H25ClN2OS. The highest BCUT2D eigenvalue weighted by Crippen LogP contribution is 2.27. The van der Waals surface area contributed by atoms with Crippen LogP contribution in [0.25, 0.3) is 0 Å². The molecule has 0 aromatic heterocycles. The van der Waals surface area contributed by atoms with Crippen LogP contribution in [0.2, 0.25) is 0 Å². The molecule has 0 spiro atoms. The van der Waals surface area contributed by atoms with Crippen molar-refractivity contribution < 1.29 is 4.79 Å². The molecule has 1 atom stereocenters. The molecule has 0 bridgehead atoms. The van der Waals surface area contributed by atoms with Gasteiger partial charge in [0.1, 0.15) is 0 Å². The third-order valence-electron chi connectivity index (χ3n) is 3.74. The highest BCUT2D eigenvalue weighted by Gasteiger charge is 2.33. The van der Waals surface area contributed by atoms with Gasteiger partial charge in [-0.1, -0.05) is 13.8 Å². The average molecular weight is 281 g/mol. The van der Waals surface area contributed by atoms with Gasteiger partial charge in [0.2, 0.25) is 5.91 Å². The SMILES string of the molecule is CCC(CC)(CN)C(=O)NCC1CCCS1.Cl. The standard InChI is InChI=1S/C12H24N2OS.ClH/c1-3-12(4-2,9-13)11(15)14-8-10-6-5-7-16-10;/h10H,3-9,13H2,1-2H3,(H,14,15);1H. The Kier molecular flexibility index (Phi) is 8.25. The van der Waals surface area contributed by atoms with Gasteiger partial charge in [-0.25, -0.2) is 0 Å². The molecule has 1 amide bonds. The lowest BCUT2D eigenvalue weighted by molar-refractivity contribution is -0.131. The fourth-order valence-corrected chi connectivity index (χ4v) is 3.35. The van der Waals surface area contributed by atoms with E-state index in [9.17, 15) is 4.79 Å². The number of carbonyl (C=O) groups is 1. The summed E-state index contributed by atoms with van der Waals surface area (Å²) in [5.74, 6) is 1.39. The normalized spacial score (nSPS) is 19.8. The first-order valence-corrected chi connectivity index (χ1v) is 7.33. The largest absolute Gasteiger partial charge is 0.354 e. The van der Waals surface area contributed by atoms with Crippen LogP contribution in [-0.2, 0) is 4.79 Å². The van der Waals surface area contributed by atoms with E-state index in [1.165, 1.54) is 18.6 Å². The Morgan fingerprint density at radius 1 is 1.47 bits per heavy atom. The molecule has 1 saturated heterocycles. The Morgan fingerprint density at radius 2 is 2.12 bits per heavy atom. The molecular weight excluding hydrogens is 256 g/mol. The number of rotatable bonds is 6. The molecule has 102 valence electrons. The maximum atomic E-state index is 12.1. The first kappa shape index (κ1) is 17.1. The van der Waals surface area contributed by atoms with Crippen molar-refractivity contribution in [2.75, 3.05) is 18.8 Å². The van der Waals surface area contributed by atoms with E-state index < -0.39 is 0 Å². The molecule has 1 aliphatic heterocycles. The summed E-state index contributed by atoms with van der Waals surface area (Å²) in [5.41, 5.74) is 5.40. The molecule has 1 fully saturated rings. The monoisotopic (exact) mass is 280 g/mol. The van der Waals surface area contributed by atoms with Crippen molar-refractivity contribution in [3.8, 4) is 0 Å². The van der Waals surface area contributed by atoms with E-state index in [2.05, 4.69) is 5.32 Å². The summed E-state index contributed by atoms with van der Waals surface area (Å²) < 4.78 is 0. The number of hydrogen-bond acceptors (Lipinski definition) is 3. The molecule has 0 radical (unpaired) electrons. The Labute approximate surface area is 115 Å². The zero-order chi connectivity index (χ0) is 12.0. The van der Waals surface area contributed by atoms with E-state index >= 15 is 0 Å². The van der Waals surface area contributed by atoms with Crippen LogP contribution in [0.15, 0.2) is 0 Å². The van der Waals surface area contributed by atoms with Crippen molar-refractivity contribution in [3.63, 3.8) is 0 Å². The summed E-state index contributed by atoms with van der Waals surface area (Å²) in [4.78, 5) is 12.1. The topological polar surface area (TPSA) is 55.1 Å². The third kappa shape index (κ3) is 4.34. The molecule has 1 heterocycles. The number of nitrogens with two attached hydrogens (primary N) is 1. The Morgan fingerprint density at radius 3 is 2.53 bits per heavy atom. The molecule has 0 saturated carbocycles. The maximum absolute atomic E-state index is 12.1. The van der Waals surface area contributed by atoms with Gasteiger partial charge in [-0.3, -0.25) is 4.79 Å². The van der Waals surface area contributed by atoms with Crippen LogP contribution in [0.1, 0.15) is 39.5 Å². The van der Waals surface area contributed by atoms with Crippen LogP contribution in [-0.4, -0.2) is 30.0 Å². The summed E-state index contributed by atoms with van der Waals surface area (Å²) in [6.45, 7) is 5.34. The number of nitrogens with one attached hydrogen (secondary N) is 1. The quantitative estimate of drug-likeness (QED) is 0.784. The molecule has 0 aromatic carbocycles. The molecule has 0 aromatic rings. The van der Waals surface area contributed by atoms with Crippen LogP contribution >= 0.6 is 24.2 Å². The second-order valence-electron chi connectivity index (χ2n) is 4.54. The van der Waals surface area contributed by atoms with Gasteiger partial charge in [-0.15, -0.1) is 12.4 Å². The minimum absolute atomic E-state index is 0. The van der Waals surface area contributed by atoms with Crippen molar-refractivity contribution in [2.24, 2.45) is 11.1 Å². The number of amides is 1. The predicted octanol–water partition coefficient (Wildman–Crippen LogP) is 2.19. The number of hydrogen-bond donors (Lipinski definition) is 2. The molecule has 0 aliphatic carbocycles. The maximum Gasteiger partial charge on any atom is 0.227 e. The Hall–Kier alpha value is 0.0700. The van der Waals surface area contributed by atoms with Gasteiger partial charge in [0.05, 0.1) is 5.41 Å². The minimum Gasteiger partial charge on any atom is -0.354 e. The number of carbonyl (C=O) groups excluding carboxylic acids is 1. The molecule has 17 heavy (non-hydrogen) atoms. The van der Waals surface area contributed by atoms with Gasteiger partial charge in [-0.2, -0.15) is 11.8 Å². The second kappa shape index (κ2) is 8.22. The zero-order valence-electron chi connectivity index (χ0n) is 10.8. The van der Waals surface area contributed by atoms with E-state index in [0.29, 0.717) is 11.8 Å². The highest BCUT2D eigenvalue weighted by molar-refractivity contribution is 8.00. The average Bonchev–Trinajstić information content (AvgIpc) is 2.82. The molecule has 3 N–H and O–H groups in total. The molecule has 1 unspecified atom stereocenters. The van der Waals surface area contributed by atoms with E-state index in [1.807, 2.05) is 25.6 Å². The first-order chi connectivity index (χ1) is 7.68. The summed E-state index contributed by atoms with van der Waals surface area (Å²) in [5, 5.41) is 3.70. The summed E-state index contributed by atoms with van der Waals surface area (Å²) in [7, 11) is 0. The van der Waals surface area contributed by atoms with E-state index in [-0.39, 0.29) is 23.7 Å². The van der Waals surface area contributed by atoms with Crippen molar-refractivity contribution in [3.05, 3.63) is 0 Å². The Balaban J connectivity index is 0.00000256. The van der Waals surface area contributed by atoms with Crippen molar-refractivity contribution in [1.82, 2.24) is 5.32 Å². The van der Waals surface area contributed by atoms with Crippen molar-refractivity contribution in [2.45, 2.75) is 44.8 Å². The zero-order valence-corrected chi connectivity index (χ0v) is 12.5. The number of halogens is 1. The predicted molar refractivity (Wildman–Crippen MR) is 77.8 cm³/mol. The Bertz CT molecular complexity index is 220.